The predicted molar refractivity (Wildman–Crippen MR) is 87.8 cm³/mol. The van der Waals surface area contributed by atoms with Crippen LogP contribution in [0.3, 0.4) is 0 Å². The summed E-state index contributed by atoms with van der Waals surface area (Å²) >= 11 is 0. The van der Waals surface area contributed by atoms with Crippen molar-refractivity contribution in [3.63, 3.8) is 0 Å². The number of fused-ring (bicyclic) bond motifs is 1. The number of nitrogens with one attached hydrogen (secondary N) is 1. The number of hydrogen-bond acceptors (Lipinski definition) is 2. The number of rotatable bonds is 5. The molecule has 0 saturated carbocycles. The molecular formula is C19H19NO2. The Hall–Kier alpha value is -2.55. The molecule has 0 fully saturated rings. The smallest absolute Gasteiger partial charge is 0.313 e. The number of aromatic nitrogens is 1. The summed E-state index contributed by atoms with van der Waals surface area (Å²) in [5.74, 6) is -0.463. The second-order valence-corrected chi connectivity index (χ2v) is 5.28. The molecule has 112 valence electrons. The molecule has 3 rings (SSSR count). The Bertz CT molecular complexity index is 761. The van der Waals surface area contributed by atoms with Crippen LogP contribution >= 0.6 is 0 Å². The van der Waals surface area contributed by atoms with Gasteiger partial charge in [-0.05, 0) is 30.5 Å². The summed E-state index contributed by atoms with van der Waals surface area (Å²) in [7, 11) is 0. The fraction of sp³-hybridized carbons (Fsp3) is 0.211. The van der Waals surface area contributed by atoms with Crippen molar-refractivity contribution in [3.8, 4) is 0 Å². The van der Waals surface area contributed by atoms with E-state index in [1.807, 2.05) is 67.7 Å². The normalized spacial score (nSPS) is 12.2. The standard InChI is InChI=1S/C19H19NO2/c1-2-22-19(21)16(12-14-8-4-3-5-9-14)17-13-20-18-11-7-6-10-15(17)18/h3-11,13,16,20H,2,12H2,1H3. The Kier molecular flexibility index (Phi) is 4.24. The number of aromatic amines is 1. The molecule has 1 heterocycles. The number of hydrogen-bond donors (Lipinski definition) is 1. The van der Waals surface area contributed by atoms with Crippen molar-refractivity contribution in [1.29, 1.82) is 0 Å². The Morgan fingerprint density at radius 1 is 1.09 bits per heavy atom. The van der Waals surface area contributed by atoms with Crippen LogP contribution in [0.5, 0.6) is 0 Å². The highest BCUT2D eigenvalue weighted by Crippen LogP contribution is 2.29. The van der Waals surface area contributed by atoms with Crippen LogP contribution in [0.4, 0.5) is 0 Å². The van der Waals surface area contributed by atoms with Gasteiger partial charge in [0.05, 0.1) is 12.5 Å². The van der Waals surface area contributed by atoms with E-state index in [4.69, 9.17) is 4.74 Å². The maximum absolute atomic E-state index is 12.5. The van der Waals surface area contributed by atoms with Gasteiger partial charge in [0.2, 0.25) is 0 Å². The first-order chi connectivity index (χ1) is 10.8. The first-order valence-electron chi connectivity index (χ1n) is 7.56. The fourth-order valence-corrected chi connectivity index (χ4v) is 2.80. The van der Waals surface area contributed by atoms with Gasteiger partial charge in [-0.3, -0.25) is 4.79 Å². The minimum absolute atomic E-state index is 0.170. The Morgan fingerprint density at radius 3 is 2.59 bits per heavy atom. The number of esters is 1. The molecule has 0 aliphatic rings. The molecule has 0 saturated heterocycles. The maximum Gasteiger partial charge on any atom is 0.313 e. The van der Waals surface area contributed by atoms with Crippen LogP contribution in [0.2, 0.25) is 0 Å². The molecule has 1 atom stereocenters. The third-order valence-corrected chi connectivity index (χ3v) is 3.85. The molecule has 1 aromatic heterocycles. The monoisotopic (exact) mass is 293 g/mol. The lowest BCUT2D eigenvalue weighted by molar-refractivity contribution is -0.144. The zero-order valence-electron chi connectivity index (χ0n) is 12.6. The molecule has 0 bridgehead atoms. The van der Waals surface area contributed by atoms with E-state index >= 15 is 0 Å². The van der Waals surface area contributed by atoms with E-state index in [1.54, 1.807) is 0 Å². The van der Waals surface area contributed by atoms with Crippen molar-refractivity contribution in [3.05, 3.63) is 71.9 Å². The third kappa shape index (κ3) is 2.89. The first-order valence-corrected chi connectivity index (χ1v) is 7.56. The number of H-pyrrole nitrogens is 1. The molecule has 0 aliphatic heterocycles. The SMILES string of the molecule is CCOC(=O)C(Cc1ccccc1)c1c[nH]c2ccccc12. The summed E-state index contributed by atoms with van der Waals surface area (Å²) < 4.78 is 5.30. The molecule has 1 N–H and O–H groups in total. The molecule has 3 nitrogen and oxygen atoms in total. The van der Waals surface area contributed by atoms with E-state index in [9.17, 15) is 4.79 Å². The van der Waals surface area contributed by atoms with E-state index < -0.39 is 0 Å². The van der Waals surface area contributed by atoms with Crippen LogP contribution < -0.4 is 0 Å². The van der Waals surface area contributed by atoms with Gasteiger partial charge in [-0.15, -0.1) is 0 Å². The van der Waals surface area contributed by atoms with Crippen LogP contribution in [0.25, 0.3) is 10.9 Å². The van der Waals surface area contributed by atoms with Crippen molar-refractivity contribution < 1.29 is 9.53 Å². The van der Waals surface area contributed by atoms with Gasteiger partial charge in [-0.25, -0.2) is 0 Å². The highest BCUT2D eigenvalue weighted by molar-refractivity contribution is 5.90. The Balaban J connectivity index is 1.99. The summed E-state index contributed by atoms with van der Waals surface area (Å²) in [6, 6.07) is 18.1. The third-order valence-electron chi connectivity index (χ3n) is 3.85. The van der Waals surface area contributed by atoms with Crippen LogP contribution in [-0.2, 0) is 16.0 Å². The van der Waals surface area contributed by atoms with Crippen LogP contribution in [-0.4, -0.2) is 17.6 Å². The number of carbonyl (C=O) groups is 1. The lowest BCUT2D eigenvalue weighted by atomic mass is 9.91. The van der Waals surface area contributed by atoms with Crippen molar-refractivity contribution in [1.82, 2.24) is 4.98 Å². The van der Waals surface area contributed by atoms with E-state index in [1.165, 1.54) is 0 Å². The maximum atomic E-state index is 12.5. The Morgan fingerprint density at radius 2 is 1.82 bits per heavy atom. The van der Waals surface area contributed by atoms with Crippen molar-refractivity contribution in [2.24, 2.45) is 0 Å². The second-order valence-electron chi connectivity index (χ2n) is 5.28. The van der Waals surface area contributed by atoms with Crippen LogP contribution in [0, 0.1) is 0 Å². The van der Waals surface area contributed by atoms with Gasteiger partial charge >= 0.3 is 5.97 Å². The Labute approximate surface area is 129 Å². The summed E-state index contributed by atoms with van der Waals surface area (Å²) in [5.41, 5.74) is 3.17. The lowest BCUT2D eigenvalue weighted by Gasteiger charge is -2.15. The number of benzene rings is 2. The minimum atomic E-state index is -0.293. The van der Waals surface area contributed by atoms with Crippen molar-refractivity contribution in [2.45, 2.75) is 19.3 Å². The molecule has 1 unspecified atom stereocenters. The zero-order valence-corrected chi connectivity index (χ0v) is 12.6. The van der Waals surface area contributed by atoms with Gasteiger partial charge in [0, 0.05) is 17.1 Å². The van der Waals surface area contributed by atoms with Gasteiger partial charge in [-0.2, -0.15) is 0 Å². The van der Waals surface area contributed by atoms with Crippen molar-refractivity contribution >= 4 is 16.9 Å². The lowest BCUT2D eigenvalue weighted by Crippen LogP contribution is -2.18. The average molecular weight is 293 g/mol. The predicted octanol–water partition coefficient (Wildman–Crippen LogP) is 4.06. The molecule has 3 heteroatoms. The molecule has 0 radical (unpaired) electrons. The molecule has 0 aliphatic carbocycles. The summed E-state index contributed by atoms with van der Waals surface area (Å²) in [6.45, 7) is 2.24. The number of carbonyl (C=O) groups excluding carboxylic acids is 1. The molecular weight excluding hydrogens is 274 g/mol. The number of ether oxygens (including phenoxy) is 1. The highest BCUT2D eigenvalue weighted by Gasteiger charge is 2.25. The van der Waals surface area contributed by atoms with E-state index in [-0.39, 0.29) is 11.9 Å². The quantitative estimate of drug-likeness (QED) is 0.721. The zero-order chi connectivity index (χ0) is 15.4. The molecule has 2 aromatic carbocycles. The first kappa shape index (κ1) is 14.4. The van der Waals surface area contributed by atoms with Crippen molar-refractivity contribution in [2.75, 3.05) is 6.61 Å². The highest BCUT2D eigenvalue weighted by atomic mass is 16.5. The molecule has 22 heavy (non-hydrogen) atoms. The van der Waals surface area contributed by atoms with Gasteiger partial charge in [0.1, 0.15) is 0 Å². The van der Waals surface area contributed by atoms with E-state index in [0.29, 0.717) is 13.0 Å². The minimum Gasteiger partial charge on any atom is -0.466 e. The summed E-state index contributed by atoms with van der Waals surface area (Å²) in [5, 5.41) is 1.08. The molecule has 3 aromatic rings. The summed E-state index contributed by atoms with van der Waals surface area (Å²) in [6.07, 6.45) is 2.57. The van der Waals surface area contributed by atoms with Gasteiger partial charge in [-0.1, -0.05) is 48.5 Å². The van der Waals surface area contributed by atoms with Crippen LogP contribution in [0.15, 0.2) is 60.8 Å². The van der Waals surface area contributed by atoms with Gasteiger partial charge in [0.25, 0.3) is 0 Å². The second kappa shape index (κ2) is 6.48. The van der Waals surface area contributed by atoms with Gasteiger partial charge < -0.3 is 9.72 Å². The summed E-state index contributed by atoms with van der Waals surface area (Å²) in [4.78, 5) is 15.7. The largest absolute Gasteiger partial charge is 0.466 e. The number of para-hydroxylation sites is 1. The topological polar surface area (TPSA) is 42.1 Å². The van der Waals surface area contributed by atoms with Gasteiger partial charge in [0.15, 0.2) is 0 Å². The average Bonchev–Trinajstić information content (AvgIpc) is 2.97. The van der Waals surface area contributed by atoms with Crippen LogP contribution in [0.1, 0.15) is 24.0 Å². The fourth-order valence-electron chi connectivity index (χ4n) is 2.80. The van der Waals surface area contributed by atoms with E-state index in [2.05, 4.69) is 4.98 Å². The molecule has 0 amide bonds. The molecule has 0 spiro atoms. The van der Waals surface area contributed by atoms with E-state index in [0.717, 1.165) is 22.0 Å².